The van der Waals surface area contributed by atoms with E-state index in [-0.39, 0.29) is 18.4 Å². The molecule has 0 saturated heterocycles. The number of anilines is 1. The topological polar surface area (TPSA) is 92.5 Å². The quantitative estimate of drug-likeness (QED) is 0.763. The molecule has 0 unspecified atom stereocenters. The molecule has 0 radical (unpaired) electrons. The van der Waals surface area contributed by atoms with Crippen molar-refractivity contribution in [1.29, 1.82) is 0 Å². The van der Waals surface area contributed by atoms with Crippen LogP contribution in [0.25, 0.3) is 6.08 Å². The van der Waals surface area contributed by atoms with Crippen LogP contribution in [-0.4, -0.2) is 36.4 Å². The molecule has 0 spiro atoms. The first-order chi connectivity index (χ1) is 13.4. The maximum Gasteiger partial charge on any atom is 0.240 e. The van der Waals surface area contributed by atoms with Crippen molar-refractivity contribution in [2.24, 2.45) is 0 Å². The number of nitrogens with one attached hydrogen (secondary N) is 1. The lowest BCUT2D eigenvalue weighted by Gasteiger charge is -2.32. The van der Waals surface area contributed by atoms with Crippen molar-refractivity contribution in [3.63, 3.8) is 0 Å². The monoisotopic (exact) mass is 403 g/mol. The third-order valence-corrected chi connectivity index (χ3v) is 6.30. The van der Waals surface area contributed by atoms with Crippen molar-refractivity contribution in [3.05, 3.63) is 53.1 Å². The molecule has 0 aliphatic heterocycles. The van der Waals surface area contributed by atoms with Crippen molar-refractivity contribution in [2.75, 3.05) is 11.9 Å². The molecule has 8 heteroatoms. The lowest BCUT2D eigenvalue weighted by atomic mass is 9.95. The summed E-state index contributed by atoms with van der Waals surface area (Å²) in [4.78, 5) is 12.5. The van der Waals surface area contributed by atoms with E-state index in [0.29, 0.717) is 5.76 Å². The minimum absolute atomic E-state index is 0.177. The highest BCUT2D eigenvalue weighted by molar-refractivity contribution is 7.92. The molecule has 1 fully saturated rings. The number of hydrogen-bond donors (Lipinski definition) is 1. The van der Waals surface area contributed by atoms with Crippen molar-refractivity contribution in [3.8, 4) is 0 Å². The van der Waals surface area contributed by atoms with Crippen LogP contribution in [0.15, 0.2) is 46.3 Å². The number of sulfonamides is 1. The normalized spacial score (nSPS) is 15.9. The molecule has 1 amide bonds. The van der Waals surface area contributed by atoms with Gasteiger partial charge in [-0.3, -0.25) is 4.79 Å². The van der Waals surface area contributed by atoms with Crippen LogP contribution in [-0.2, 0) is 14.8 Å². The van der Waals surface area contributed by atoms with E-state index in [1.165, 1.54) is 9.71 Å². The molecular formula is C20H25N3O4S. The maximum absolute atomic E-state index is 13.0. The Kier molecular flexibility index (Phi) is 6.64. The fraction of sp³-hybridized carbons (Fsp3) is 0.400. The number of benzene rings is 1. The van der Waals surface area contributed by atoms with E-state index in [4.69, 9.17) is 4.52 Å². The highest BCUT2D eigenvalue weighted by atomic mass is 32.2. The Bertz CT molecular complexity index is 916. The molecule has 1 N–H and O–H groups in total. The Balaban J connectivity index is 1.77. The Morgan fingerprint density at radius 1 is 1.25 bits per heavy atom. The van der Waals surface area contributed by atoms with Gasteiger partial charge >= 0.3 is 0 Å². The van der Waals surface area contributed by atoms with Crippen LogP contribution in [0.4, 0.5) is 5.82 Å². The summed E-state index contributed by atoms with van der Waals surface area (Å²) in [5, 5.41) is 7.51. The summed E-state index contributed by atoms with van der Waals surface area (Å²) in [5.74, 6) is 0.414. The number of amides is 1. The number of aromatic nitrogens is 1. The molecular weight excluding hydrogens is 378 g/mol. The van der Waals surface area contributed by atoms with Crippen LogP contribution < -0.4 is 5.32 Å². The SMILES string of the molecule is Cc1cc(NC(=O)CN(C2CCCCC2)S(=O)(=O)/C=C/c2ccccc2)no1. The number of carbonyl (C=O) groups excluding carboxylic acids is 1. The Labute approximate surface area is 165 Å². The first-order valence-electron chi connectivity index (χ1n) is 9.42. The fourth-order valence-corrected chi connectivity index (χ4v) is 4.76. The van der Waals surface area contributed by atoms with E-state index in [0.717, 1.165) is 37.7 Å². The second-order valence-electron chi connectivity index (χ2n) is 6.97. The minimum Gasteiger partial charge on any atom is -0.360 e. The van der Waals surface area contributed by atoms with Crippen molar-refractivity contribution < 1.29 is 17.7 Å². The Hall–Kier alpha value is -2.45. The van der Waals surface area contributed by atoms with Crippen molar-refractivity contribution in [2.45, 2.75) is 45.1 Å². The Morgan fingerprint density at radius 3 is 2.61 bits per heavy atom. The molecule has 0 atom stereocenters. The van der Waals surface area contributed by atoms with E-state index in [2.05, 4.69) is 10.5 Å². The third-order valence-electron chi connectivity index (χ3n) is 4.74. The third kappa shape index (κ3) is 5.53. The molecule has 1 aliphatic rings. The van der Waals surface area contributed by atoms with Crippen LogP contribution >= 0.6 is 0 Å². The molecule has 2 aromatic rings. The Morgan fingerprint density at radius 2 is 1.96 bits per heavy atom. The van der Waals surface area contributed by atoms with Gasteiger partial charge in [0.05, 0.1) is 6.54 Å². The smallest absolute Gasteiger partial charge is 0.240 e. The second-order valence-corrected chi connectivity index (χ2v) is 8.74. The van der Waals surface area contributed by atoms with Crippen LogP contribution in [0.5, 0.6) is 0 Å². The van der Waals surface area contributed by atoms with Gasteiger partial charge in [0.25, 0.3) is 0 Å². The van der Waals surface area contributed by atoms with E-state index in [1.807, 2.05) is 30.3 Å². The summed E-state index contributed by atoms with van der Waals surface area (Å²) in [7, 11) is -3.75. The fourth-order valence-electron chi connectivity index (χ4n) is 3.35. The van der Waals surface area contributed by atoms with Gasteiger partial charge in [-0.05, 0) is 31.4 Å². The van der Waals surface area contributed by atoms with Crippen LogP contribution in [0.3, 0.4) is 0 Å². The summed E-state index contributed by atoms with van der Waals surface area (Å²) in [5.41, 5.74) is 0.789. The molecule has 1 heterocycles. The number of rotatable bonds is 7. The molecule has 1 saturated carbocycles. The summed E-state index contributed by atoms with van der Waals surface area (Å²) < 4.78 is 32.3. The van der Waals surface area contributed by atoms with Crippen LogP contribution in [0.2, 0.25) is 0 Å². The van der Waals surface area contributed by atoms with Gasteiger partial charge in [0, 0.05) is 17.5 Å². The molecule has 1 aliphatic carbocycles. The lowest BCUT2D eigenvalue weighted by Crippen LogP contribution is -2.44. The maximum atomic E-state index is 13.0. The average Bonchev–Trinajstić information content (AvgIpc) is 3.10. The standard InChI is InChI=1S/C20H25N3O4S/c1-16-14-19(22-27-16)21-20(24)15-23(18-10-6-3-7-11-18)28(25,26)13-12-17-8-4-2-5-9-17/h2,4-5,8-9,12-14,18H,3,6-7,10-11,15H2,1H3,(H,21,22,24)/b13-12+. The minimum atomic E-state index is -3.75. The highest BCUT2D eigenvalue weighted by Gasteiger charge is 2.31. The second kappa shape index (κ2) is 9.16. The van der Waals surface area contributed by atoms with Gasteiger partial charge < -0.3 is 9.84 Å². The van der Waals surface area contributed by atoms with Crippen LogP contribution in [0.1, 0.15) is 43.4 Å². The van der Waals surface area contributed by atoms with Gasteiger partial charge in [0.15, 0.2) is 5.82 Å². The van der Waals surface area contributed by atoms with Crippen molar-refractivity contribution in [1.82, 2.24) is 9.46 Å². The first kappa shape index (κ1) is 20.3. The van der Waals surface area contributed by atoms with Gasteiger partial charge in [0.2, 0.25) is 15.9 Å². The van der Waals surface area contributed by atoms with E-state index in [1.54, 1.807) is 19.1 Å². The molecule has 1 aromatic carbocycles. The van der Waals surface area contributed by atoms with E-state index >= 15 is 0 Å². The number of hydrogen-bond acceptors (Lipinski definition) is 5. The number of aryl methyl sites for hydroxylation is 1. The predicted octanol–water partition coefficient (Wildman–Crippen LogP) is 3.56. The molecule has 3 rings (SSSR count). The molecule has 0 bridgehead atoms. The van der Waals surface area contributed by atoms with Gasteiger partial charge in [-0.2, -0.15) is 4.31 Å². The van der Waals surface area contributed by atoms with Gasteiger partial charge in [-0.25, -0.2) is 8.42 Å². The van der Waals surface area contributed by atoms with Crippen molar-refractivity contribution >= 4 is 27.8 Å². The van der Waals surface area contributed by atoms with E-state index in [9.17, 15) is 13.2 Å². The van der Waals surface area contributed by atoms with Crippen LogP contribution in [0, 0.1) is 6.92 Å². The lowest BCUT2D eigenvalue weighted by molar-refractivity contribution is -0.116. The molecule has 150 valence electrons. The summed E-state index contributed by atoms with van der Waals surface area (Å²) in [6.45, 7) is 1.47. The summed E-state index contributed by atoms with van der Waals surface area (Å²) in [6, 6.07) is 10.6. The molecule has 28 heavy (non-hydrogen) atoms. The summed E-state index contributed by atoms with van der Waals surface area (Å²) >= 11 is 0. The number of carbonyl (C=O) groups is 1. The average molecular weight is 404 g/mol. The van der Waals surface area contributed by atoms with E-state index < -0.39 is 15.9 Å². The van der Waals surface area contributed by atoms with Gasteiger partial charge in [-0.15, -0.1) is 0 Å². The molecule has 1 aromatic heterocycles. The zero-order valence-corrected chi connectivity index (χ0v) is 16.7. The van der Waals surface area contributed by atoms with Gasteiger partial charge in [0.1, 0.15) is 5.76 Å². The highest BCUT2D eigenvalue weighted by Crippen LogP contribution is 2.25. The first-order valence-corrected chi connectivity index (χ1v) is 10.9. The predicted molar refractivity (Wildman–Crippen MR) is 108 cm³/mol. The summed E-state index contributed by atoms with van der Waals surface area (Å²) in [6.07, 6.45) is 6.09. The zero-order valence-electron chi connectivity index (χ0n) is 15.9. The molecule has 7 nitrogen and oxygen atoms in total. The largest absolute Gasteiger partial charge is 0.360 e. The zero-order chi connectivity index (χ0) is 20.0. The number of nitrogens with zero attached hydrogens (tertiary/aromatic N) is 2. The van der Waals surface area contributed by atoms with Gasteiger partial charge in [-0.1, -0.05) is 54.8 Å².